The second-order valence-electron chi connectivity index (χ2n) is 5.62. The smallest absolute Gasteiger partial charge is 0.397 e. The first kappa shape index (κ1) is 19.6. The van der Waals surface area contributed by atoms with Gasteiger partial charge < -0.3 is 10.5 Å². The Morgan fingerprint density at radius 1 is 1.33 bits per heavy atom. The van der Waals surface area contributed by atoms with Crippen molar-refractivity contribution in [2.75, 3.05) is 30.9 Å². The molecule has 27 heavy (non-hydrogen) atoms. The van der Waals surface area contributed by atoms with Crippen LogP contribution >= 0.6 is 23.1 Å². The van der Waals surface area contributed by atoms with Gasteiger partial charge in [-0.25, -0.2) is 9.97 Å². The van der Waals surface area contributed by atoms with E-state index in [1.165, 1.54) is 24.2 Å². The van der Waals surface area contributed by atoms with Crippen LogP contribution in [0.15, 0.2) is 22.7 Å². The summed E-state index contributed by atoms with van der Waals surface area (Å²) in [5.74, 6) is 0.849. The lowest BCUT2D eigenvalue weighted by atomic mass is 10.1. The molecule has 11 heteroatoms. The maximum Gasteiger partial charge on any atom is 0.417 e. The number of aromatic amines is 1. The minimum absolute atomic E-state index is 0.0575. The number of rotatable bonds is 6. The number of thioether (sulfide) groups is 1. The average molecular weight is 416 g/mol. The van der Waals surface area contributed by atoms with Gasteiger partial charge in [0.2, 0.25) is 0 Å². The first-order chi connectivity index (χ1) is 12.8. The number of nitrogens with two attached hydrogens (primary N) is 2. The molecule has 0 aliphatic rings. The molecule has 3 heterocycles. The summed E-state index contributed by atoms with van der Waals surface area (Å²) in [4.78, 5) is 11.2. The lowest BCUT2D eigenvalue weighted by Gasteiger charge is -2.10. The zero-order valence-corrected chi connectivity index (χ0v) is 15.9. The Bertz CT molecular complexity index is 944. The molecule has 0 saturated carbocycles. The van der Waals surface area contributed by atoms with Crippen molar-refractivity contribution in [1.82, 2.24) is 9.97 Å². The van der Waals surface area contributed by atoms with Crippen LogP contribution in [0.2, 0.25) is 0 Å². The van der Waals surface area contributed by atoms with Crippen molar-refractivity contribution in [1.29, 1.82) is 0 Å². The third-order valence-corrected chi connectivity index (χ3v) is 6.18. The topological polar surface area (TPSA) is 101 Å². The van der Waals surface area contributed by atoms with E-state index in [1.54, 1.807) is 7.11 Å². The molecule has 0 aliphatic heterocycles. The number of alkyl halides is 3. The number of H-pyrrole nitrogens is 1. The summed E-state index contributed by atoms with van der Waals surface area (Å²) in [6.07, 6.45) is -0.952. The van der Waals surface area contributed by atoms with Crippen LogP contribution in [0.4, 0.5) is 24.8 Å². The second-order valence-corrected chi connectivity index (χ2v) is 7.98. The number of methoxy groups -OCH3 is 1. The minimum Gasteiger partial charge on any atom is -0.397 e. The summed E-state index contributed by atoms with van der Waals surface area (Å²) in [5, 5.41) is -0.0575. The highest BCUT2D eigenvalue weighted by Gasteiger charge is 2.36. The number of hydrogen-bond donors (Lipinski definition) is 2. The standard InChI is InChI=1S/C16H16F3N5OS2/c1-25-3-2-4-26-14-12(20)11-9(16(17,18)19)5-10(24-13(11)27-14)8-6-22-15(21)23-7-8/h5-7H,2-4,20H2,1H3,(H2,21,22,23)/p+1. The fourth-order valence-electron chi connectivity index (χ4n) is 2.45. The molecule has 0 saturated heterocycles. The molecule has 0 bridgehead atoms. The maximum atomic E-state index is 13.7. The third-order valence-electron chi connectivity index (χ3n) is 3.71. The van der Waals surface area contributed by atoms with Crippen molar-refractivity contribution >= 4 is 45.0 Å². The number of aromatic nitrogens is 3. The predicted octanol–water partition coefficient (Wildman–Crippen LogP) is 3.48. The molecule has 0 radical (unpaired) electrons. The molecule has 0 fully saturated rings. The van der Waals surface area contributed by atoms with Gasteiger partial charge in [-0.1, -0.05) is 4.98 Å². The Morgan fingerprint density at radius 2 is 2.11 bits per heavy atom. The molecule has 0 spiro atoms. The van der Waals surface area contributed by atoms with Crippen molar-refractivity contribution in [2.24, 2.45) is 0 Å². The highest BCUT2D eigenvalue weighted by Crippen LogP contribution is 2.46. The van der Waals surface area contributed by atoms with Crippen LogP contribution in [0.25, 0.3) is 21.5 Å². The van der Waals surface area contributed by atoms with E-state index < -0.39 is 11.7 Å². The van der Waals surface area contributed by atoms with Gasteiger partial charge in [-0.15, -0.1) is 23.1 Å². The van der Waals surface area contributed by atoms with Crippen LogP contribution in [-0.2, 0) is 10.9 Å². The van der Waals surface area contributed by atoms with Gasteiger partial charge in [0, 0.05) is 24.9 Å². The Labute approximate surface area is 161 Å². The Kier molecular flexibility index (Phi) is 5.72. The summed E-state index contributed by atoms with van der Waals surface area (Å²) in [7, 11) is 1.60. The van der Waals surface area contributed by atoms with E-state index in [9.17, 15) is 13.2 Å². The van der Waals surface area contributed by atoms with Crippen molar-refractivity contribution in [3.8, 4) is 11.3 Å². The highest BCUT2D eigenvalue weighted by atomic mass is 32.2. The Balaban J connectivity index is 2.09. The zero-order valence-electron chi connectivity index (χ0n) is 14.3. The van der Waals surface area contributed by atoms with E-state index in [1.807, 2.05) is 0 Å². The molecular weight excluding hydrogens is 399 g/mol. The monoisotopic (exact) mass is 416 g/mol. The van der Waals surface area contributed by atoms with Crippen molar-refractivity contribution in [3.05, 3.63) is 24.0 Å². The number of nitrogens with zero attached hydrogens (tertiary/aromatic N) is 2. The quantitative estimate of drug-likeness (QED) is 0.471. The fourth-order valence-corrected chi connectivity index (χ4v) is 4.73. The first-order valence-electron chi connectivity index (χ1n) is 7.86. The van der Waals surface area contributed by atoms with Crippen LogP contribution in [0, 0.1) is 0 Å². The fraction of sp³-hybridized carbons (Fsp3) is 0.312. The number of pyridine rings is 1. The molecular formula is C16H17F3N5OS2+. The Morgan fingerprint density at radius 3 is 2.74 bits per heavy atom. The van der Waals surface area contributed by atoms with E-state index in [0.29, 0.717) is 22.1 Å². The van der Waals surface area contributed by atoms with Gasteiger partial charge in [-0.05, 0) is 12.5 Å². The number of anilines is 2. The zero-order chi connectivity index (χ0) is 19.6. The molecule has 144 valence electrons. The van der Waals surface area contributed by atoms with Crippen LogP contribution in [0.5, 0.6) is 0 Å². The molecule has 6 nitrogen and oxygen atoms in total. The Hall–Kier alpha value is -2.11. The average Bonchev–Trinajstić information content (AvgIpc) is 2.94. The van der Waals surface area contributed by atoms with E-state index in [2.05, 4.69) is 15.0 Å². The molecule has 5 N–H and O–H groups in total. The number of ether oxygens (including phenoxy) is 1. The molecule has 0 aliphatic carbocycles. The van der Waals surface area contributed by atoms with Crippen molar-refractivity contribution in [3.63, 3.8) is 0 Å². The van der Waals surface area contributed by atoms with Gasteiger partial charge in [0.05, 0.1) is 32.9 Å². The molecule has 0 aromatic carbocycles. The third kappa shape index (κ3) is 4.25. The summed E-state index contributed by atoms with van der Waals surface area (Å²) < 4.78 is 46.6. The summed E-state index contributed by atoms with van der Waals surface area (Å²) in [6.45, 7) is 0.578. The van der Waals surface area contributed by atoms with Gasteiger partial charge in [-0.3, -0.25) is 5.73 Å². The second kappa shape index (κ2) is 7.87. The molecule has 0 atom stereocenters. The summed E-state index contributed by atoms with van der Waals surface area (Å²) >= 11 is 2.56. The lowest BCUT2D eigenvalue weighted by molar-refractivity contribution is -0.363. The molecule has 3 aromatic heterocycles. The number of thiophene rings is 1. The number of nitrogen functional groups attached to an aromatic ring is 2. The largest absolute Gasteiger partial charge is 0.417 e. The minimum atomic E-state index is -4.56. The van der Waals surface area contributed by atoms with Crippen LogP contribution in [0.3, 0.4) is 0 Å². The lowest BCUT2D eigenvalue weighted by Crippen LogP contribution is -2.12. The molecule has 0 unspecified atom stereocenters. The van der Waals surface area contributed by atoms with Crippen LogP contribution < -0.4 is 16.5 Å². The van der Waals surface area contributed by atoms with E-state index in [0.717, 1.165) is 23.8 Å². The summed E-state index contributed by atoms with van der Waals surface area (Å²) in [6, 6.07) is 0.992. The van der Waals surface area contributed by atoms with Crippen molar-refractivity contribution in [2.45, 2.75) is 16.8 Å². The van der Waals surface area contributed by atoms with E-state index in [-0.39, 0.29) is 27.5 Å². The molecule has 0 amide bonds. The van der Waals surface area contributed by atoms with Crippen LogP contribution in [-0.4, -0.2) is 29.4 Å². The number of hydrogen-bond acceptors (Lipinski definition) is 7. The van der Waals surface area contributed by atoms with Gasteiger partial charge in [-0.2, -0.15) is 13.2 Å². The van der Waals surface area contributed by atoms with E-state index >= 15 is 0 Å². The van der Waals surface area contributed by atoms with E-state index in [4.69, 9.17) is 16.2 Å². The van der Waals surface area contributed by atoms with Gasteiger partial charge >= 0.3 is 12.1 Å². The van der Waals surface area contributed by atoms with Gasteiger partial charge in [0.25, 0.3) is 0 Å². The van der Waals surface area contributed by atoms with Gasteiger partial charge in [0.15, 0.2) is 0 Å². The first-order valence-corrected chi connectivity index (χ1v) is 9.67. The van der Waals surface area contributed by atoms with Gasteiger partial charge in [0.1, 0.15) is 11.0 Å². The summed E-state index contributed by atoms with van der Waals surface area (Å²) in [5.41, 5.74) is 11.4. The SMILES string of the molecule is COCCCSc1sc2nc(-c3cnc(N)[nH+]c3)cc(C(F)(F)F)c2c1N. The number of fused-ring (bicyclic) bond motifs is 1. The maximum absolute atomic E-state index is 13.7. The molecule has 3 rings (SSSR count). The highest BCUT2D eigenvalue weighted by molar-refractivity contribution is 8.01. The van der Waals surface area contributed by atoms with Crippen LogP contribution in [0.1, 0.15) is 12.0 Å². The molecule has 3 aromatic rings. The number of halogens is 3. The normalized spacial score (nSPS) is 12.0. The predicted molar refractivity (Wildman–Crippen MR) is 100 cm³/mol. The number of nitrogens with one attached hydrogen (secondary N) is 1. The van der Waals surface area contributed by atoms with Crippen molar-refractivity contribution < 1.29 is 22.9 Å².